The van der Waals surface area contributed by atoms with Gasteiger partial charge in [-0.2, -0.15) is 0 Å². The topological polar surface area (TPSA) is 85.4 Å². The van der Waals surface area contributed by atoms with Crippen molar-refractivity contribution in [2.24, 2.45) is 5.92 Å². The minimum Gasteiger partial charge on any atom is -0.391 e. The van der Waals surface area contributed by atoms with Crippen LogP contribution >= 0.6 is 0 Å². The van der Waals surface area contributed by atoms with Gasteiger partial charge in [0.1, 0.15) is 11.6 Å². The molecular weight excluding hydrogens is 450 g/mol. The number of benzene rings is 2. The van der Waals surface area contributed by atoms with Crippen LogP contribution in [0.25, 0.3) is 0 Å². The molecule has 5 N–H and O–H groups in total. The number of hydrogen-bond acceptors (Lipinski definition) is 5. The molecule has 1 saturated heterocycles. The Balaban J connectivity index is 1.85. The average Bonchev–Trinajstić information content (AvgIpc) is 2.80. The molecule has 0 spiro atoms. The van der Waals surface area contributed by atoms with Gasteiger partial charge in [-0.25, -0.2) is 8.78 Å². The number of aliphatic hydroxyl groups excluding tert-OH is 1. The minimum absolute atomic E-state index is 0.00296. The van der Waals surface area contributed by atoms with E-state index in [2.05, 4.69) is 60.8 Å². The van der Waals surface area contributed by atoms with E-state index >= 15 is 0 Å². The van der Waals surface area contributed by atoms with Gasteiger partial charge in [-0.05, 0) is 40.7 Å². The first-order valence-corrected chi connectivity index (χ1v) is 11.8. The second-order valence-electron chi connectivity index (χ2n) is 10.2. The molecule has 0 bridgehead atoms. The Hall–Kier alpha value is -2.97. The zero-order chi connectivity index (χ0) is 25.8. The smallest absolute Gasteiger partial charge is 0.225 e. The number of carbonyl (C=O) groups is 1. The van der Waals surface area contributed by atoms with Gasteiger partial charge in [-0.1, -0.05) is 51.6 Å². The number of hydrogen-bond donors (Lipinski definition) is 5. The van der Waals surface area contributed by atoms with E-state index in [1.165, 1.54) is 24.7 Å². The zero-order valence-electron chi connectivity index (χ0n) is 20.8. The van der Waals surface area contributed by atoms with Gasteiger partial charge in [0.25, 0.3) is 0 Å². The van der Waals surface area contributed by atoms with Crippen LogP contribution in [0.2, 0.25) is 0 Å². The molecule has 2 aromatic rings. The van der Waals surface area contributed by atoms with Crippen LogP contribution in [0.4, 0.5) is 8.78 Å². The number of carbonyl (C=O) groups excluding carboxylic acids is 1. The second kappa shape index (κ2) is 10.7. The van der Waals surface area contributed by atoms with Crippen molar-refractivity contribution in [1.29, 1.82) is 0 Å². The quantitative estimate of drug-likeness (QED) is 0.396. The lowest BCUT2D eigenvalue weighted by atomic mass is 9.81. The molecule has 1 aliphatic heterocycles. The summed E-state index contributed by atoms with van der Waals surface area (Å²) >= 11 is 0. The number of aliphatic hydroxyl groups is 1. The molecule has 2 atom stereocenters. The van der Waals surface area contributed by atoms with Crippen LogP contribution in [-0.2, 0) is 22.2 Å². The summed E-state index contributed by atoms with van der Waals surface area (Å²) in [6.07, 6.45) is -1.11. The molecule has 35 heavy (non-hydrogen) atoms. The van der Waals surface area contributed by atoms with Gasteiger partial charge in [-0.15, -0.1) is 0 Å². The molecule has 2 unspecified atom stereocenters. The molecule has 2 aromatic carbocycles. The van der Waals surface area contributed by atoms with Crippen molar-refractivity contribution < 1.29 is 18.7 Å². The van der Waals surface area contributed by atoms with Gasteiger partial charge < -0.3 is 26.4 Å². The molecule has 6 nitrogen and oxygen atoms in total. The van der Waals surface area contributed by atoms with E-state index in [1.54, 1.807) is 0 Å². The van der Waals surface area contributed by atoms with Crippen LogP contribution in [0.15, 0.2) is 54.9 Å². The lowest BCUT2D eigenvalue weighted by Crippen LogP contribution is -2.62. The molecule has 3 rings (SSSR count). The molecule has 1 amide bonds. The largest absolute Gasteiger partial charge is 0.391 e. The molecule has 0 saturated carbocycles. The van der Waals surface area contributed by atoms with Crippen molar-refractivity contribution >= 4 is 5.91 Å². The van der Waals surface area contributed by atoms with E-state index in [9.17, 15) is 18.7 Å². The summed E-state index contributed by atoms with van der Waals surface area (Å²) in [6.45, 7) is 11.5. The summed E-state index contributed by atoms with van der Waals surface area (Å²) < 4.78 is 27.4. The second-order valence-corrected chi connectivity index (χ2v) is 10.2. The predicted octanol–water partition coefficient (Wildman–Crippen LogP) is 2.68. The predicted molar refractivity (Wildman–Crippen MR) is 134 cm³/mol. The van der Waals surface area contributed by atoms with Crippen LogP contribution in [0.3, 0.4) is 0 Å². The van der Waals surface area contributed by atoms with Gasteiger partial charge in [0.15, 0.2) is 0 Å². The minimum atomic E-state index is -1.10. The maximum Gasteiger partial charge on any atom is 0.225 e. The number of halogens is 2. The maximum absolute atomic E-state index is 13.7. The Morgan fingerprint density at radius 1 is 1.14 bits per heavy atom. The highest BCUT2D eigenvalue weighted by Crippen LogP contribution is 2.29. The van der Waals surface area contributed by atoms with E-state index in [1.807, 2.05) is 12.1 Å². The molecule has 0 radical (unpaired) electrons. The molecule has 1 fully saturated rings. The van der Waals surface area contributed by atoms with Gasteiger partial charge in [0, 0.05) is 32.7 Å². The molecular formula is C27H36F2N4O2. The number of amides is 1. The van der Waals surface area contributed by atoms with Crippen LogP contribution in [0.5, 0.6) is 0 Å². The highest BCUT2D eigenvalue weighted by Gasteiger charge is 2.37. The SMILES string of the molecule is C=C1NCC(NCC(O)C(Cc2cc(F)cc(F)c2)C(=O)NC)(c2cccc(C(C)(C)C)c2)CN1. The van der Waals surface area contributed by atoms with E-state index < -0.39 is 35.1 Å². The van der Waals surface area contributed by atoms with Gasteiger partial charge in [0.2, 0.25) is 5.91 Å². The van der Waals surface area contributed by atoms with Crippen LogP contribution in [0.1, 0.15) is 37.5 Å². The van der Waals surface area contributed by atoms with Crippen molar-refractivity contribution in [3.63, 3.8) is 0 Å². The summed E-state index contributed by atoms with van der Waals surface area (Å²) in [5, 5.41) is 23.6. The molecule has 0 aliphatic carbocycles. The van der Waals surface area contributed by atoms with Crippen molar-refractivity contribution in [2.75, 3.05) is 26.7 Å². The third-order valence-corrected chi connectivity index (χ3v) is 6.56. The van der Waals surface area contributed by atoms with Crippen LogP contribution < -0.4 is 21.3 Å². The first-order valence-electron chi connectivity index (χ1n) is 11.8. The van der Waals surface area contributed by atoms with E-state index in [0.717, 1.165) is 11.6 Å². The van der Waals surface area contributed by atoms with Crippen molar-refractivity contribution in [3.05, 3.63) is 83.2 Å². The third kappa shape index (κ3) is 6.58. The Labute approximate surface area is 206 Å². The Morgan fingerprint density at radius 2 is 1.77 bits per heavy atom. The van der Waals surface area contributed by atoms with E-state index in [0.29, 0.717) is 24.5 Å². The average molecular weight is 487 g/mol. The Morgan fingerprint density at radius 3 is 2.34 bits per heavy atom. The first kappa shape index (κ1) is 26.6. The van der Waals surface area contributed by atoms with Crippen LogP contribution in [-0.4, -0.2) is 43.8 Å². The summed E-state index contributed by atoms with van der Waals surface area (Å²) in [6, 6.07) is 11.4. The van der Waals surface area contributed by atoms with Gasteiger partial charge in [0.05, 0.1) is 23.4 Å². The Bertz CT molecular complexity index is 1040. The lowest BCUT2D eigenvalue weighted by Gasteiger charge is -2.42. The first-order chi connectivity index (χ1) is 16.4. The fraction of sp³-hybridized carbons (Fsp3) is 0.444. The normalized spacial score (nSPS) is 17.2. The fourth-order valence-electron chi connectivity index (χ4n) is 4.37. The van der Waals surface area contributed by atoms with E-state index in [4.69, 9.17) is 0 Å². The molecule has 1 heterocycles. The molecule has 1 aliphatic rings. The monoisotopic (exact) mass is 486 g/mol. The van der Waals surface area contributed by atoms with E-state index in [-0.39, 0.29) is 18.4 Å². The fourth-order valence-corrected chi connectivity index (χ4v) is 4.37. The molecule has 8 heteroatoms. The standard InChI is InChI=1S/C27H36F2N4O2/c1-17-31-15-27(16-32-17,20-8-6-7-19(12-20)26(2,3)4)33-14-24(34)23(25(35)30-5)11-18-9-21(28)13-22(29)10-18/h6-10,12-13,23-24,31-34H,1,11,14-16H2,2-5H3,(H,30,35). The van der Waals surface area contributed by atoms with Crippen molar-refractivity contribution in [2.45, 2.75) is 44.2 Å². The van der Waals surface area contributed by atoms with Crippen molar-refractivity contribution in [1.82, 2.24) is 21.3 Å². The van der Waals surface area contributed by atoms with Crippen LogP contribution in [0, 0.1) is 17.6 Å². The third-order valence-electron chi connectivity index (χ3n) is 6.56. The summed E-state index contributed by atoms with van der Waals surface area (Å²) in [5.74, 6) is -2.03. The Kier molecular flexibility index (Phi) is 8.18. The lowest BCUT2D eigenvalue weighted by molar-refractivity contribution is -0.128. The highest BCUT2D eigenvalue weighted by molar-refractivity contribution is 5.79. The zero-order valence-corrected chi connectivity index (χ0v) is 20.8. The van der Waals surface area contributed by atoms with Gasteiger partial charge >= 0.3 is 0 Å². The molecule has 190 valence electrons. The van der Waals surface area contributed by atoms with Crippen molar-refractivity contribution in [3.8, 4) is 0 Å². The summed E-state index contributed by atoms with van der Waals surface area (Å²) in [7, 11) is 1.47. The maximum atomic E-state index is 13.7. The molecule has 0 aromatic heterocycles. The summed E-state index contributed by atoms with van der Waals surface area (Å²) in [5.41, 5.74) is 1.90. The van der Waals surface area contributed by atoms with Gasteiger partial charge in [-0.3, -0.25) is 4.79 Å². The highest BCUT2D eigenvalue weighted by atomic mass is 19.1. The number of nitrogens with one attached hydrogen (secondary N) is 4. The summed E-state index contributed by atoms with van der Waals surface area (Å²) in [4.78, 5) is 12.6. The number of rotatable bonds is 8.